The minimum Gasteiger partial charge on any atom is -0.443 e. The molecule has 0 aromatic heterocycles. The summed E-state index contributed by atoms with van der Waals surface area (Å²) in [5, 5.41) is 0. The number of rotatable bonds is 1. The first-order valence-corrected chi connectivity index (χ1v) is 6.44. The second-order valence-electron chi connectivity index (χ2n) is 5.50. The van der Waals surface area contributed by atoms with Gasteiger partial charge >= 0.3 is 6.09 Å². The van der Waals surface area contributed by atoms with Gasteiger partial charge in [-0.1, -0.05) is 12.2 Å². The van der Waals surface area contributed by atoms with Crippen LogP contribution in [0, 0.1) is 0 Å². The van der Waals surface area contributed by atoms with Crippen molar-refractivity contribution in [2.75, 3.05) is 13.1 Å². The first-order valence-electron chi connectivity index (χ1n) is 6.44. The molecule has 2 aliphatic rings. The van der Waals surface area contributed by atoms with Crippen LogP contribution in [0.15, 0.2) is 48.5 Å². The van der Waals surface area contributed by atoms with E-state index in [0.717, 1.165) is 12.2 Å². The Morgan fingerprint density at radius 3 is 2.53 bits per heavy atom. The van der Waals surface area contributed by atoms with Crippen molar-refractivity contribution in [3.8, 4) is 0 Å². The zero-order chi connectivity index (χ0) is 13.9. The molecule has 0 saturated heterocycles. The van der Waals surface area contributed by atoms with Gasteiger partial charge in [-0.15, -0.1) is 0 Å². The van der Waals surface area contributed by atoms with Crippen LogP contribution in [-0.4, -0.2) is 34.6 Å². The quantitative estimate of drug-likeness (QED) is 0.726. The van der Waals surface area contributed by atoms with Crippen LogP contribution in [0.25, 0.3) is 0 Å². The molecule has 2 aliphatic heterocycles. The van der Waals surface area contributed by atoms with E-state index in [2.05, 4.69) is 11.0 Å². The van der Waals surface area contributed by atoms with Gasteiger partial charge in [-0.3, -0.25) is 4.90 Å². The molecule has 19 heavy (non-hydrogen) atoms. The van der Waals surface area contributed by atoms with Gasteiger partial charge in [0.1, 0.15) is 5.60 Å². The Hall–Kier alpha value is -1.97. The number of carbonyl (C=O) groups excluding carboxylic acids is 1. The number of hydrogen-bond donors (Lipinski definition) is 0. The molecule has 0 aromatic rings. The van der Waals surface area contributed by atoms with Crippen molar-refractivity contribution in [3.05, 3.63) is 48.5 Å². The maximum atomic E-state index is 11.9. The zero-order valence-corrected chi connectivity index (χ0v) is 11.7. The predicted molar refractivity (Wildman–Crippen MR) is 75.1 cm³/mol. The summed E-state index contributed by atoms with van der Waals surface area (Å²) in [6.07, 6.45) is 13.6. The maximum Gasteiger partial charge on any atom is 0.414 e. The van der Waals surface area contributed by atoms with Crippen LogP contribution in [0.2, 0.25) is 0 Å². The number of hydrogen-bond acceptors (Lipinski definition) is 3. The Bertz CT molecular complexity index is 467. The van der Waals surface area contributed by atoms with Crippen LogP contribution in [0.1, 0.15) is 20.8 Å². The molecular formula is C15H20N2O2. The zero-order valence-electron chi connectivity index (χ0n) is 11.7. The van der Waals surface area contributed by atoms with Crippen molar-refractivity contribution in [3.63, 3.8) is 0 Å². The lowest BCUT2D eigenvalue weighted by molar-refractivity contribution is 0.0349. The van der Waals surface area contributed by atoms with E-state index in [9.17, 15) is 4.79 Å². The number of amides is 1. The van der Waals surface area contributed by atoms with Crippen molar-refractivity contribution in [1.82, 2.24) is 9.80 Å². The van der Waals surface area contributed by atoms with Crippen molar-refractivity contribution in [1.29, 1.82) is 0 Å². The molecule has 0 aromatic carbocycles. The summed E-state index contributed by atoms with van der Waals surface area (Å²) >= 11 is 0. The van der Waals surface area contributed by atoms with E-state index in [4.69, 9.17) is 4.74 Å². The van der Waals surface area contributed by atoms with E-state index in [1.165, 1.54) is 0 Å². The molecule has 4 heteroatoms. The fourth-order valence-corrected chi connectivity index (χ4v) is 1.81. The lowest BCUT2D eigenvalue weighted by Gasteiger charge is -2.29. The van der Waals surface area contributed by atoms with E-state index in [1.807, 2.05) is 51.3 Å². The van der Waals surface area contributed by atoms with Crippen molar-refractivity contribution < 1.29 is 9.53 Å². The van der Waals surface area contributed by atoms with Crippen LogP contribution in [0.5, 0.6) is 0 Å². The number of nitrogens with zero attached hydrogens (tertiary/aromatic N) is 2. The molecule has 0 atom stereocenters. The van der Waals surface area contributed by atoms with Crippen LogP contribution >= 0.6 is 0 Å². The summed E-state index contributed by atoms with van der Waals surface area (Å²) in [5.41, 5.74) is 0.635. The Labute approximate surface area is 114 Å². The van der Waals surface area contributed by atoms with E-state index in [0.29, 0.717) is 6.54 Å². The molecule has 4 nitrogen and oxygen atoms in total. The van der Waals surface area contributed by atoms with Crippen LogP contribution < -0.4 is 0 Å². The predicted octanol–water partition coefficient (Wildman–Crippen LogP) is 3.02. The molecule has 0 fully saturated rings. The first kappa shape index (κ1) is 13.5. The highest BCUT2D eigenvalue weighted by Gasteiger charge is 2.21. The normalized spacial score (nSPS) is 18.6. The SMILES string of the molecule is CC(C)(C)OC(=O)N1C=CC(N2C=CC=CC2)=CC1. The average molecular weight is 260 g/mol. The minimum absolute atomic E-state index is 0.312. The summed E-state index contributed by atoms with van der Waals surface area (Å²) in [4.78, 5) is 15.6. The molecule has 0 bridgehead atoms. The van der Waals surface area contributed by atoms with Gasteiger partial charge in [-0.25, -0.2) is 4.79 Å². The molecular weight excluding hydrogens is 240 g/mol. The Kier molecular flexibility index (Phi) is 3.79. The van der Waals surface area contributed by atoms with Gasteiger partial charge in [0.15, 0.2) is 0 Å². The van der Waals surface area contributed by atoms with E-state index >= 15 is 0 Å². The lowest BCUT2D eigenvalue weighted by atomic mass is 10.2. The molecule has 0 N–H and O–H groups in total. The fraction of sp³-hybridized carbons (Fsp3) is 0.400. The third-order valence-electron chi connectivity index (χ3n) is 2.70. The van der Waals surface area contributed by atoms with Crippen molar-refractivity contribution in [2.24, 2.45) is 0 Å². The molecule has 0 unspecified atom stereocenters. The van der Waals surface area contributed by atoms with Gasteiger partial charge in [0.05, 0.1) is 0 Å². The lowest BCUT2D eigenvalue weighted by Crippen LogP contribution is -2.35. The number of ether oxygens (including phenoxy) is 1. The standard InChI is InChI=1S/C15H20N2O2/c1-15(2,3)19-14(18)17-11-7-13(8-12-17)16-9-5-4-6-10-16/h4-9,11H,10,12H2,1-3H3. The smallest absolute Gasteiger partial charge is 0.414 e. The Balaban J connectivity index is 1.93. The molecule has 2 rings (SSSR count). The molecule has 0 saturated carbocycles. The van der Waals surface area contributed by atoms with E-state index in [-0.39, 0.29) is 6.09 Å². The molecule has 0 aliphatic carbocycles. The Morgan fingerprint density at radius 1 is 1.21 bits per heavy atom. The van der Waals surface area contributed by atoms with Crippen molar-refractivity contribution in [2.45, 2.75) is 26.4 Å². The van der Waals surface area contributed by atoms with Crippen LogP contribution in [0.3, 0.4) is 0 Å². The molecule has 0 radical (unpaired) electrons. The summed E-state index contributed by atoms with van der Waals surface area (Å²) in [7, 11) is 0. The van der Waals surface area contributed by atoms with Crippen molar-refractivity contribution >= 4 is 6.09 Å². The minimum atomic E-state index is -0.463. The highest BCUT2D eigenvalue weighted by molar-refractivity contribution is 5.70. The second-order valence-corrected chi connectivity index (χ2v) is 5.50. The van der Waals surface area contributed by atoms with Crippen LogP contribution in [-0.2, 0) is 4.74 Å². The third kappa shape index (κ3) is 3.74. The average Bonchev–Trinajstić information content (AvgIpc) is 2.38. The van der Waals surface area contributed by atoms with Crippen LogP contribution in [0.4, 0.5) is 4.79 Å². The van der Waals surface area contributed by atoms with Gasteiger partial charge in [0, 0.05) is 31.2 Å². The maximum absolute atomic E-state index is 11.9. The Morgan fingerprint density at radius 2 is 2.00 bits per heavy atom. The summed E-state index contributed by atoms with van der Waals surface area (Å²) in [6, 6.07) is 0. The molecule has 102 valence electrons. The third-order valence-corrected chi connectivity index (χ3v) is 2.70. The monoisotopic (exact) mass is 260 g/mol. The fourth-order valence-electron chi connectivity index (χ4n) is 1.81. The van der Waals surface area contributed by atoms with E-state index < -0.39 is 5.60 Å². The highest BCUT2D eigenvalue weighted by atomic mass is 16.6. The molecule has 1 amide bonds. The number of allylic oxidation sites excluding steroid dienone is 3. The van der Waals surface area contributed by atoms with Gasteiger partial charge < -0.3 is 9.64 Å². The van der Waals surface area contributed by atoms with Gasteiger partial charge in [0.25, 0.3) is 0 Å². The first-order chi connectivity index (χ1) is 8.96. The number of carbonyl (C=O) groups is 1. The van der Waals surface area contributed by atoms with Gasteiger partial charge in [0.2, 0.25) is 0 Å². The largest absolute Gasteiger partial charge is 0.443 e. The summed E-state index contributed by atoms with van der Waals surface area (Å²) < 4.78 is 5.33. The van der Waals surface area contributed by atoms with Gasteiger partial charge in [-0.05, 0) is 39.0 Å². The molecule has 2 heterocycles. The molecule has 0 spiro atoms. The van der Waals surface area contributed by atoms with Gasteiger partial charge in [-0.2, -0.15) is 0 Å². The second kappa shape index (κ2) is 5.34. The highest BCUT2D eigenvalue weighted by Crippen LogP contribution is 2.17. The van der Waals surface area contributed by atoms with E-state index in [1.54, 1.807) is 11.1 Å². The topological polar surface area (TPSA) is 32.8 Å². The summed E-state index contributed by atoms with van der Waals surface area (Å²) in [5.74, 6) is 0. The summed E-state index contributed by atoms with van der Waals surface area (Å²) in [6.45, 7) is 6.99.